The molecule has 1 atom stereocenters. The minimum Gasteiger partial charge on any atom is -0.337 e. The van der Waals surface area contributed by atoms with E-state index >= 15 is 0 Å². The van der Waals surface area contributed by atoms with E-state index in [0.717, 1.165) is 4.90 Å². The smallest absolute Gasteiger partial charge is 0.332 e. The number of hydrogen-bond donors (Lipinski definition) is 0. The van der Waals surface area contributed by atoms with E-state index in [2.05, 4.69) is 10.1 Å². The molecule has 0 spiro atoms. The zero-order valence-corrected chi connectivity index (χ0v) is 14.3. The van der Waals surface area contributed by atoms with Crippen molar-refractivity contribution in [1.29, 1.82) is 0 Å². The molecule has 0 N–H and O–H groups in total. The van der Waals surface area contributed by atoms with Crippen molar-refractivity contribution in [2.45, 2.75) is 39.3 Å². The van der Waals surface area contributed by atoms with Crippen LogP contribution in [0.3, 0.4) is 0 Å². The number of aromatic nitrogens is 2. The summed E-state index contributed by atoms with van der Waals surface area (Å²) in [7, 11) is 0. The number of amides is 3. The first-order valence-corrected chi connectivity index (χ1v) is 7.99. The first-order valence-electron chi connectivity index (χ1n) is 7.61. The largest absolute Gasteiger partial charge is 0.337 e. The van der Waals surface area contributed by atoms with E-state index < -0.39 is 12.1 Å². The Kier molecular flexibility index (Phi) is 4.28. The van der Waals surface area contributed by atoms with Crippen LogP contribution in [-0.4, -0.2) is 33.0 Å². The van der Waals surface area contributed by atoms with Crippen LogP contribution in [0.25, 0.3) is 0 Å². The average Bonchev–Trinajstić information content (AvgIpc) is 3.09. The summed E-state index contributed by atoms with van der Waals surface area (Å²) in [5.41, 5.74) is 0.612. The van der Waals surface area contributed by atoms with Gasteiger partial charge in [-0.15, -0.1) is 0 Å². The van der Waals surface area contributed by atoms with Gasteiger partial charge in [0, 0.05) is 16.6 Å². The quantitative estimate of drug-likeness (QED) is 0.793. The maximum Gasteiger partial charge on any atom is 0.332 e. The second kappa shape index (κ2) is 6.24. The molecule has 1 aliphatic heterocycles. The Bertz CT molecular complexity index is 772. The fraction of sp³-hybridized carbons (Fsp3) is 0.375. The monoisotopic (exact) mass is 348 g/mol. The molecule has 3 rings (SSSR count). The van der Waals surface area contributed by atoms with Crippen LogP contribution in [0.2, 0.25) is 5.02 Å². The Morgan fingerprint density at radius 3 is 2.50 bits per heavy atom. The maximum absolute atomic E-state index is 12.7. The van der Waals surface area contributed by atoms with Crippen LogP contribution >= 0.6 is 11.6 Å². The number of halogens is 1. The van der Waals surface area contributed by atoms with Gasteiger partial charge in [-0.1, -0.05) is 30.6 Å². The number of urea groups is 1. The van der Waals surface area contributed by atoms with Crippen molar-refractivity contribution in [3.8, 4) is 0 Å². The molecule has 7 nitrogen and oxygen atoms in total. The molecule has 1 aliphatic rings. The summed E-state index contributed by atoms with van der Waals surface area (Å²) < 4.78 is 5.13. The summed E-state index contributed by atoms with van der Waals surface area (Å²) in [6, 6.07) is 5.74. The topological polar surface area (TPSA) is 79.5 Å². The van der Waals surface area contributed by atoms with Gasteiger partial charge in [-0.05, 0) is 31.2 Å². The predicted molar refractivity (Wildman–Crippen MR) is 87.7 cm³/mol. The van der Waals surface area contributed by atoms with Crippen LogP contribution in [0.4, 0.5) is 10.5 Å². The highest BCUT2D eigenvalue weighted by atomic mass is 35.5. The standard InChI is InChI=1S/C16H17ClN4O3/c1-9(2)14-18-13(24-19-14)8-20-15(22)10(3)21(16(20)23)12-6-4-11(17)5-7-12/h4-7,9-10H,8H2,1-3H3/t10-/m1/s1. The van der Waals surface area contributed by atoms with Crippen LogP contribution in [-0.2, 0) is 11.3 Å². The summed E-state index contributed by atoms with van der Waals surface area (Å²) in [5.74, 6) is 0.591. The number of rotatable bonds is 4. The van der Waals surface area contributed by atoms with Gasteiger partial charge in [0.15, 0.2) is 5.82 Å². The summed E-state index contributed by atoms with van der Waals surface area (Å²) in [6.07, 6.45) is 0. The van der Waals surface area contributed by atoms with E-state index in [9.17, 15) is 9.59 Å². The van der Waals surface area contributed by atoms with Crippen molar-refractivity contribution < 1.29 is 14.1 Å². The maximum atomic E-state index is 12.7. The highest BCUT2D eigenvalue weighted by Crippen LogP contribution is 2.28. The summed E-state index contributed by atoms with van der Waals surface area (Å²) in [5, 5.41) is 4.41. The van der Waals surface area contributed by atoms with Crippen molar-refractivity contribution >= 4 is 29.2 Å². The molecule has 1 saturated heterocycles. The molecular weight excluding hydrogens is 332 g/mol. The number of hydrogen-bond acceptors (Lipinski definition) is 5. The van der Waals surface area contributed by atoms with Gasteiger partial charge in [0.1, 0.15) is 12.6 Å². The Balaban J connectivity index is 1.83. The minimum absolute atomic E-state index is 0.0359. The molecule has 0 saturated carbocycles. The van der Waals surface area contributed by atoms with Crippen molar-refractivity contribution in [2.24, 2.45) is 0 Å². The second-order valence-electron chi connectivity index (χ2n) is 5.93. The van der Waals surface area contributed by atoms with Crippen LogP contribution in [0, 0.1) is 0 Å². The van der Waals surface area contributed by atoms with Crippen LogP contribution < -0.4 is 4.90 Å². The Morgan fingerprint density at radius 1 is 1.25 bits per heavy atom. The number of anilines is 1. The van der Waals surface area contributed by atoms with E-state index in [1.807, 2.05) is 13.8 Å². The number of benzene rings is 1. The highest BCUT2D eigenvalue weighted by Gasteiger charge is 2.44. The lowest BCUT2D eigenvalue weighted by Gasteiger charge is -2.19. The molecule has 2 aromatic rings. The van der Waals surface area contributed by atoms with Gasteiger partial charge in [-0.2, -0.15) is 4.98 Å². The first-order chi connectivity index (χ1) is 11.4. The predicted octanol–water partition coefficient (Wildman–Crippen LogP) is 3.20. The third kappa shape index (κ3) is 2.87. The molecule has 0 radical (unpaired) electrons. The van der Waals surface area contributed by atoms with Gasteiger partial charge in [0.05, 0.1) is 0 Å². The highest BCUT2D eigenvalue weighted by molar-refractivity contribution is 6.30. The fourth-order valence-corrected chi connectivity index (χ4v) is 2.64. The zero-order valence-electron chi connectivity index (χ0n) is 13.6. The lowest BCUT2D eigenvalue weighted by molar-refractivity contribution is -0.127. The third-order valence-electron chi connectivity index (χ3n) is 3.85. The molecule has 0 bridgehead atoms. The van der Waals surface area contributed by atoms with Crippen molar-refractivity contribution in [1.82, 2.24) is 15.0 Å². The van der Waals surface area contributed by atoms with Crippen molar-refractivity contribution in [2.75, 3.05) is 4.90 Å². The fourth-order valence-electron chi connectivity index (χ4n) is 2.51. The molecule has 24 heavy (non-hydrogen) atoms. The molecular formula is C16H17ClN4O3. The van der Waals surface area contributed by atoms with E-state index in [0.29, 0.717) is 16.5 Å². The summed E-state index contributed by atoms with van der Waals surface area (Å²) in [6.45, 7) is 5.52. The SMILES string of the molecule is CC(C)c1noc(CN2C(=O)[C@@H](C)N(c3ccc(Cl)cc3)C2=O)n1. The third-order valence-corrected chi connectivity index (χ3v) is 4.10. The van der Waals surface area contributed by atoms with Crippen molar-refractivity contribution in [3.63, 3.8) is 0 Å². The normalized spacial score (nSPS) is 18.1. The molecule has 2 heterocycles. The molecule has 0 aliphatic carbocycles. The molecule has 1 aromatic carbocycles. The van der Waals surface area contributed by atoms with Gasteiger partial charge >= 0.3 is 6.03 Å². The van der Waals surface area contributed by atoms with Gasteiger partial charge < -0.3 is 4.52 Å². The van der Waals surface area contributed by atoms with Crippen LogP contribution in [0.5, 0.6) is 0 Å². The van der Waals surface area contributed by atoms with Gasteiger partial charge in [0.25, 0.3) is 5.91 Å². The molecule has 3 amide bonds. The van der Waals surface area contributed by atoms with E-state index in [4.69, 9.17) is 16.1 Å². The number of nitrogens with zero attached hydrogens (tertiary/aromatic N) is 4. The molecule has 1 aromatic heterocycles. The molecule has 1 fully saturated rings. The molecule has 0 unspecified atom stereocenters. The lowest BCUT2D eigenvalue weighted by atomic mass is 10.2. The van der Waals surface area contributed by atoms with Crippen LogP contribution in [0.1, 0.15) is 38.4 Å². The van der Waals surface area contributed by atoms with Gasteiger partial charge in [0.2, 0.25) is 5.89 Å². The minimum atomic E-state index is -0.605. The number of carbonyl (C=O) groups excluding carboxylic acids is 2. The molecule has 8 heteroatoms. The second-order valence-corrected chi connectivity index (χ2v) is 6.37. The summed E-state index contributed by atoms with van der Waals surface area (Å²) >= 11 is 5.88. The lowest BCUT2D eigenvalue weighted by Crippen LogP contribution is -2.33. The van der Waals surface area contributed by atoms with E-state index in [-0.39, 0.29) is 24.3 Å². The average molecular weight is 349 g/mol. The number of imide groups is 1. The number of carbonyl (C=O) groups is 2. The van der Waals surface area contributed by atoms with E-state index in [1.165, 1.54) is 4.90 Å². The van der Waals surface area contributed by atoms with Crippen molar-refractivity contribution in [3.05, 3.63) is 41.0 Å². The zero-order chi connectivity index (χ0) is 17.4. The Labute approximate surface area is 144 Å². The van der Waals surface area contributed by atoms with Crippen LogP contribution in [0.15, 0.2) is 28.8 Å². The Hall–Kier alpha value is -2.41. The Morgan fingerprint density at radius 2 is 1.92 bits per heavy atom. The van der Waals surface area contributed by atoms with E-state index in [1.54, 1.807) is 31.2 Å². The first kappa shape index (κ1) is 16.4. The van der Waals surface area contributed by atoms with Gasteiger partial charge in [-0.25, -0.2) is 4.79 Å². The molecule has 126 valence electrons. The van der Waals surface area contributed by atoms with Gasteiger partial charge in [-0.3, -0.25) is 14.6 Å². The summed E-state index contributed by atoms with van der Waals surface area (Å²) in [4.78, 5) is 31.9.